The first-order valence-electron chi connectivity index (χ1n) is 11.4. The van der Waals surface area contributed by atoms with Crippen molar-refractivity contribution < 1.29 is 22.7 Å². The van der Waals surface area contributed by atoms with Crippen LogP contribution in [0.25, 0.3) is 0 Å². The lowest BCUT2D eigenvalue weighted by Crippen LogP contribution is -2.52. The summed E-state index contributed by atoms with van der Waals surface area (Å²) in [7, 11) is -0.826. The molecule has 0 aliphatic rings. The van der Waals surface area contributed by atoms with Crippen molar-refractivity contribution in [2.24, 2.45) is 0 Å². The Labute approximate surface area is 212 Å². The number of methoxy groups -OCH3 is 1. The van der Waals surface area contributed by atoms with Gasteiger partial charge in [0.1, 0.15) is 18.3 Å². The molecule has 190 valence electrons. The van der Waals surface area contributed by atoms with E-state index >= 15 is 0 Å². The average molecular weight is 510 g/mol. The summed E-state index contributed by atoms with van der Waals surface area (Å²) in [5.41, 5.74) is 1.99. The monoisotopic (exact) mass is 509 g/mol. The molecular formula is C27H31N3O5S. The molecule has 0 aliphatic heterocycles. The van der Waals surface area contributed by atoms with E-state index in [0.717, 1.165) is 21.7 Å². The van der Waals surface area contributed by atoms with E-state index < -0.39 is 28.5 Å². The molecule has 36 heavy (non-hydrogen) atoms. The van der Waals surface area contributed by atoms with Crippen LogP contribution in [-0.4, -0.2) is 58.1 Å². The summed E-state index contributed by atoms with van der Waals surface area (Å²) in [5, 5.41) is 2.66. The van der Waals surface area contributed by atoms with Crippen molar-refractivity contribution in [3.8, 4) is 5.75 Å². The number of carbonyl (C=O) groups excluding carboxylic acids is 2. The Morgan fingerprint density at radius 2 is 1.53 bits per heavy atom. The van der Waals surface area contributed by atoms with E-state index in [2.05, 4.69) is 5.32 Å². The Bertz CT molecular complexity index is 1270. The predicted molar refractivity (Wildman–Crippen MR) is 140 cm³/mol. The molecule has 9 heteroatoms. The molecular weight excluding hydrogens is 478 g/mol. The van der Waals surface area contributed by atoms with Crippen LogP contribution in [0.5, 0.6) is 5.75 Å². The SMILES string of the molecule is CNC(=O)[C@H](Cc1ccccc1)N(Cc1ccccc1)C(=O)CN(c1cccc(OC)c1)S(C)(=O)=O. The Hall–Kier alpha value is -3.85. The highest BCUT2D eigenvalue weighted by Crippen LogP contribution is 2.24. The van der Waals surface area contributed by atoms with Crippen LogP contribution in [-0.2, 0) is 32.6 Å². The van der Waals surface area contributed by atoms with Gasteiger partial charge in [-0.25, -0.2) is 8.42 Å². The van der Waals surface area contributed by atoms with E-state index in [1.807, 2.05) is 60.7 Å². The summed E-state index contributed by atoms with van der Waals surface area (Å²) in [6.07, 6.45) is 1.32. The summed E-state index contributed by atoms with van der Waals surface area (Å²) >= 11 is 0. The van der Waals surface area contributed by atoms with Gasteiger partial charge in [0, 0.05) is 26.1 Å². The zero-order chi connectivity index (χ0) is 26.1. The minimum atomic E-state index is -3.83. The average Bonchev–Trinajstić information content (AvgIpc) is 2.89. The van der Waals surface area contributed by atoms with Crippen LogP contribution in [0.3, 0.4) is 0 Å². The molecule has 0 aliphatic carbocycles. The molecule has 0 unspecified atom stereocenters. The fourth-order valence-electron chi connectivity index (χ4n) is 3.88. The number of amides is 2. The number of carbonyl (C=O) groups is 2. The molecule has 0 saturated heterocycles. The summed E-state index contributed by atoms with van der Waals surface area (Å²) in [6, 6.07) is 24.3. The molecule has 0 spiro atoms. The van der Waals surface area contributed by atoms with Crippen LogP contribution in [0.2, 0.25) is 0 Å². The van der Waals surface area contributed by atoms with Gasteiger partial charge < -0.3 is 15.0 Å². The third-order valence-electron chi connectivity index (χ3n) is 5.73. The molecule has 3 aromatic carbocycles. The third-order valence-corrected chi connectivity index (χ3v) is 6.87. The molecule has 2 amide bonds. The van der Waals surface area contributed by atoms with Crippen molar-refractivity contribution in [3.05, 3.63) is 96.1 Å². The highest BCUT2D eigenvalue weighted by atomic mass is 32.2. The van der Waals surface area contributed by atoms with Crippen molar-refractivity contribution in [1.29, 1.82) is 0 Å². The largest absolute Gasteiger partial charge is 0.497 e. The molecule has 0 radical (unpaired) electrons. The van der Waals surface area contributed by atoms with Gasteiger partial charge in [-0.05, 0) is 23.3 Å². The molecule has 3 aromatic rings. The lowest BCUT2D eigenvalue weighted by atomic mass is 10.0. The smallest absolute Gasteiger partial charge is 0.244 e. The normalized spacial score (nSPS) is 11.9. The van der Waals surface area contributed by atoms with Gasteiger partial charge in [-0.1, -0.05) is 66.7 Å². The Balaban J connectivity index is 2.01. The number of ether oxygens (including phenoxy) is 1. The molecule has 1 N–H and O–H groups in total. The summed E-state index contributed by atoms with van der Waals surface area (Å²) in [4.78, 5) is 28.3. The fraction of sp³-hybridized carbons (Fsp3) is 0.259. The number of benzene rings is 3. The molecule has 8 nitrogen and oxygen atoms in total. The molecule has 0 bridgehead atoms. The Kier molecular flexibility index (Phi) is 9.08. The van der Waals surface area contributed by atoms with Gasteiger partial charge in [-0.3, -0.25) is 13.9 Å². The number of sulfonamides is 1. The standard InChI is InChI=1S/C27H31N3O5S/c1-28-27(32)25(17-21-11-6-4-7-12-21)29(19-22-13-8-5-9-14-22)26(31)20-30(36(3,33)34)23-15-10-16-24(18-23)35-2/h4-16,18,25H,17,19-20H2,1-3H3,(H,28,32)/t25-/m0/s1. The lowest BCUT2D eigenvalue weighted by molar-refractivity contribution is -0.139. The molecule has 0 saturated carbocycles. The summed E-state index contributed by atoms with van der Waals surface area (Å²) in [5.74, 6) is -0.380. The molecule has 3 rings (SSSR count). The Morgan fingerprint density at radius 3 is 2.08 bits per heavy atom. The number of nitrogens with one attached hydrogen (secondary N) is 1. The molecule has 1 atom stereocenters. The minimum absolute atomic E-state index is 0.139. The number of hydrogen-bond acceptors (Lipinski definition) is 5. The lowest BCUT2D eigenvalue weighted by Gasteiger charge is -2.33. The molecule has 0 fully saturated rings. The maximum Gasteiger partial charge on any atom is 0.244 e. The maximum atomic E-state index is 13.8. The van der Waals surface area contributed by atoms with Crippen molar-refractivity contribution in [2.45, 2.75) is 19.0 Å². The van der Waals surface area contributed by atoms with Crippen LogP contribution < -0.4 is 14.4 Å². The number of hydrogen-bond donors (Lipinski definition) is 1. The topological polar surface area (TPSA) is 96.0 Å². The van der Waals surface area contributed by atoms with Crippen molar-refractivity contribution >= 4 is 27.5 Å². The first-order valence-corrected chi connectivity index (χ1v) is 13.3. The van der Waals surface area contributed by atoms with E-state index in [9.17, 15) is 18.0 Å². The quantitative estimate of drug-likeness (QED) is 0.429. The number of likely N-dealkylation sites (N-methyl/N-ethyl adjacent to an activating group) is 1. The van der Waals surface area contributed by atoms with Crippen molar-refractivity contribution in [2.75, 3.05) is 31.3 Å². The van der Waals surface area contributed by atoms with Gasteiger partial charge in [0.15, 0.2) is 0 Å². The van der Waals surface area contributed by atoms with Gasteiger partial charge in [0.05, 0.1) is 19.1 Å². The van der Waals surface area contributed by atoms with Gasteiger partial charge in [-0.15, -0.1) is 0 Å². The van der Waals surface area contributed by atoms with E-state index in [0.29, 0.717) is 11.4 Å². The zero-order valence-electron chi connectivity index (χ0n) is 20.6. The first-order chi connectivity index (χ1) is 17.2. The van der Waals surface area contributed by atoms with Gasteiger partial charge in [-0.2, -0.15) is 0 Å². The first kappa shape index (κ1) is 26.7. The summed E-state index contributed by atoms with van der Waals surface area (Å²) in [6.45, 7) is -0.332. The maximum absolute atomic E-state index is 13.8. The van der Waals surface area contributed by atoms with E-state index in [1.54, 1.807) is 24.3 Å². The molecule has 0 heterocycles. The van der Waals surface area contributed by atoms with E-state index in [1.165, 1.54) is 19.1 Å². The second-order valence-corrected chi connectivity index (χ2v) is 10.2. The number of nitrogens with zero attached hydrogens (tertiary/aromatic N) is 2. The Morgan fingerprint density at radius 1 is 0.917 bits per heavy atom. The van der Waals surface area contributed by atoms with Gasteiger partial charge >= 0.3 is 0 Å². The van der Waals surface area contributed by atoms with Crippen molar-refractivity contribution in [3.63, 3.8) is 0 Å². The highest BCUT2D eigenvalue weighted by molar-refractivity contribution is 7.92. The van der Waals surface area contributed by atoms with Crippen LogP contribution in [0.4, 0.5) is 5.69 Å². The predicted octanol–water partition coefficient (Wildman–Crippen LogP) is 2.85. The number of rotatable bonds is 11. The van der Waals surface area contributed by atoms with Crippen LogP contribution >= 0.6 is 0 Å². The second kappa shape index (κ2) is 12.2. The second-order valence-electron chi connectivity index (χ2n) is 8.30. The van der Waals surface area contributed by atoms with Crippen LogP contribution in [0.15, 0.2) is 84.9 Å². The van der Waals surface area contributed by atoms with Crippen molar-refractivity contribution in [1.82, 2.24) is 10.2 Å². The van der Waals surface area contributed by atoms with E-state index in [4.69, 9.17) is 4.74 Å². The highest BCUT2D eigenvalue weighted by Gasteiger charge is 2.32. The summed E-state index contributed by atoms with van der Waals surface area (Å²) < 4.78 is 31.7. The fourth-order valence-corrected chi connectivity index (χ4v) is 4.72. The minimum Gasteiger partial charge on any atom is -0.497 e. The van der Waals surface area contributed by atoms with Gasteiger partial charge in [0.25, 0.3) is 0 Å². The van der Waals surface area contributed by atoms with Gasteiger partial charge in [0.2, 0.25) is 21.8 Å². The van der Waals surface area contributed by atoms with Crippen LogP contribution in [0, 0.1) is 0 Å². The van der Waals surface area contributed by atoms with E-state index in [-0.39, 0.29) is 18.9 Å². The zero-order valence-corrected chi connectivity index (χ0v) is 21.4. The number of anilines is 1. The molecule has 0 aromatic heterocycles. The van der Waals surface area contributed by atoms with Crippen LogP contribution in [0.1, 0.15) is 11.1 Å². The third kappa shape index (κ3) is 7.08.